The number of hydrogen-bond donors (Lipinski definition) is 2. The first kappa shape index (κ1) is 21.2. The van der Waals surface area contributed by atoms with Gasteiger partial charge in [-0.3, -0.25) is 0 Å². The Morgan fingerprint density at radius 3 is 2.63 bits per heavy atom. The molecule has 1 heterocycles. The lowest BCUT2D eigenvalue weighted by atomic mass is 10.1. The molecule has 0 amide bonds. The van der Waals surface area contributed by atoms with E-state index in [1.165, 1.54) is 0 Å². The van der Waals surface area contributed by atoms with Gasteiger partial charge in [-0.2, -0.15) is 0 Å². The van der Waals surface area contributed by atoms with Crippen LogP contribution in [0.4, 0.5) is 0 Å². The number of aliphatic imine (C=N–C) groups is 1. The van der Waals surface area contributed by atoms with Crippen LogP contribution in [0.1, 0.15) is 31.1 Å². The average molecular weight is 409 g/mol. The maximum Gasteiger partial charge on any atom is 0.226 e. The Balaban J connectivity index is 1.73. The first-order chi connectivity index (χ1) is 14.6. The zero-order chi connectivity index (χ0) is 21.3. The van der Waals surface area contributed by atoms with Gasteiger partial charge in [0.25, 0.3) is 0 Å². The molecule has 1 aromatic heterocycles. The van der Waals surface area contributed by atoms with Gasteiger partial charge in [-0.15, -0.1) is 0 Å². The highest BCUT2D eigenvalue weighted by atomic mass is 16.5. The molecule has 2 N–H and O–H groups in total. The molecule has 3 rings (SSSR count). The van der Waals surface area contributed by atoms with Crippen molar-refractivity contribution in [3.63, 3.8) is 0 Å². The van der Waals surface area contributed by atoms with Crippen molar-refractivity contribution in [1.29, 1.82) is 0 Å². The number of methoxy groups -OCH3 is 2. The molecule has 7 nitrogen and oxygen atoms in total. The smallest absolute Gasteiger partial charge is 0.226 e. The Labute approximate surface area is 177 Å². The number of nitrogens with one attached hydrogen (secondary N) is 2. The molecule has 0 aliphatic heterocycles. The van der Waals surface area contributed by atoms with E-state index in [9.17, 15) is 0 Å². The quantitative estimate of drug-likeness (QED) is 0.430. The molecule has 0 bridgehead atoms. The predicted molar refractivity (Wildman–Crippen MR) is 118 cm³/mol. The number of hydrogen-bond acceptors (Lipinski definition) is 5. The number of aromatic nitrogens is 1. The summed E-state index contributed by atoms with van der Waals surface area (Å²) in [6, 6.07) is 15.5. The van der Waals surface area contributed by atoms with Crippen molar-refractivity contribution >= 4 is 5.96 Å². The fraction of sp³-hybridized carbons (Fsp3) is 0.304. The van der Waals surface area contributed by atoms with Crippen molar-refractivity contribution in [3.05, 3.63) is 66.1 Å². The Kier molecular flexibility index (Phi) is 7.32. The first-order valence-electron chi connectivity index (χ1n) is 9.91. The summed E-state index contributed by atoms with van der Waals surface area (Å²) < 4.78 is 16.5. The zero-order valence-electron chi connectivity index (χ0n) is 17.8. The molecule has 3 aromatic rings. The van der Waals surface area contributed by atoms with Crippen molar-refractivity contribution in [1.82, 2.24) is 15.6 Å². The molecular weight excluding hydrogens is 380 g/mol. The highest BCUT2D eigenvalue weighted by Gasteiger charge is 2.14. The van der Waals surface area contributed by atoms with E-state index in [-0.39, 0.29) is 6.04 Å². The van der Waals surface area contributed by atoms with Gasteiger partial charge in [-0.25, -0.2) is 9.98 Å². The molecule has 0 radical (unpaired) electrons. The lowest BCUT2D eigenvalue weighted by molar-refractivity contribution is 0.394. The van der Waals surface area contributed by atoms with Crippen LogP contribution < -0.4 is 20.1 Å². The number of oxazole rings is 1. The van der Waals surface area contributed by atoms with E-state index in [0.29, 0.717) is 18.4 Å². The minimum absolute atomic E-state index is 0.0509. The fourth-order valence-corrected chi connectivity index (χ4v) is 3.03. The molecule has 30 heavy (non-hydrogen) atoms. The second-order valence-electron chi connectivity index (χ2n) is 6.68. The van der Waals surface area contributed by atoms with Gasteiger partial charge in [0.05, 0.1) is 26.8 Å². The molecule has 0 saturated carbocycles. The van der Waals surface area contributed by atoms with E-state index in [1.807, 2.05) is 62.4 Å². The lowest BCUT2D eigenvalue weighted by Gasteiger charge is -2.20. The molecular formula is C23H28N4O3. The van der Waals surface area contributed by atoms with Gasteiger partial charge >= 0.3 is 0 Å². The molecule has 158 valence electrons. The van der Waals surface area contributed by atoms with Crippen molar-refractivity contribution in [3.8, 4) is 23.0 Å². The average Bonchev–Trinajstić information content (AvgIpc) is 3.27. The van der Waals surface area contributed by atoms with Gasteiger partial charge in [0, 0.05) is 17.7 Å². The summed E-state index contributed by atoms with van der Waals surface area (Å²) in [5, 5.41) is 6.68. The highest BCUT2D eigenvalue weighted by molar-refractivity contribution is 5.80. The summed E-state index contributed by atoms with van der Waals surface area (Å²) in [7, 11) is 3.31. The number of nitrogens with zero attached hydrogens (tertiary/aromatic N) is 2. The Hall–Kier alpha value is -3.48. The van der Waals surface area contributed by atoms with Gasteiger partial charge in [0.1, 0.15) is 23.5 Å². The molecule has 0 spiro atoms. The van der Waals surface area contributed by atoms with Crippen LogP contribution in [0, 0.1) is 0 Å². The Morgan fingerprint density at radius 1 is 1.13 bits per heavy atom. The summed E-state index contributed by atoms with van der Waals surface area (Å²) in [5.74, 6) is 2.83. The largest absolute Gasteiger partial charge is 0.497 e. The highest BCUT2D eigenvalue weighted by Crippen LogP contribution is 2.29. The van der Waals surface area contributed by atoms with Crippen LogP contribution in [0.25, 0.3) is 11.5 Å². The Morgan fingerprint density at radius 2 is 1.93 bits per heavy atom. The third-order valence-corrected chi connectivity index (χ3v) is 4.57. The molecule has 7 heteroatoms. The van der Waals surface area contributed by atoms with Crippen LogP contribution in [-0.4, -0.2) is 31.7 Å². The standard InChI is InChI=1S/C23H28N4O3/c1-5-24-23(26-16(2)20-13-19(28-3)11-12-21(20)29-4)25-14-18-15-30-22(27-18)17-9-7-6-8-10-17/h6-13,15-16H,5,14H2,1-4H3,(H2,24,25,26). The third kappa shape index (κ3) is 5.31. The SMILES string of the molecule is CCNC(=NCc1coc(-c2ccccc2)n1)NC(C)c1cc(OC)ccc1OC. The summed E-state index contributed by atoms with van der Waals surface area (Å²) >= 11 is 0. The maximum atomic E-state index is 5.60. The summed E-state index contributed by atoms with van der Waals surface area (Å²) in [6.07, 6.45) is 1.64. The molecule has 0 saturated heterocycles. The van der Waals surface area contributed by atoms with Crippen molar-refractivity contribution < 1.29 is 13.9 Å². The van der Waals surface area contributed by atoms with Crippen LogP contribution in [-0.2, 0) is 6.54 Å². The summed E-state index contributed by atoms with van der Waals surface area (Å²) in [4.78, 5) is 9.19. The predicted octanol–water partition coefficient (Wildman–Crippen LogP) is 4.18. The maximum absolute atomic E-state index is 5.60. The summed E-state index contributed by atoms with van der Waals surface area (Å²) in [6.45, 7) is 5.21. The van der Waals surface area contributed by atoms with E-state index >= 15 is 0 Å². The second-order valence-corrected chi connectivity index (χ2v) is 6.68. The second kappa shape index (κ2) is 10.3. The van der Waals surface area contributed by atoms with Crippen LogP contribution in [0.5, 0.6) is 11.5 Å². The van der Waals surface area contributed by atoms with Gasteiger partial charge in [-0.05, 0) is 44.2 Å². The van der Waals surface area contributed by atoms with Crippen LogP contribution in [0.2, 0.25) is 0 Å². The number of guanidine groups is 1. The normalized spacial score (nSPS) is 12.3. The molecule has 1 unspecified atom stereocenters. The minimum atomic E-state index is -0.0509. The van der Waals surface area contributed by atoms with Crippen LogP contribution >= 0.6 is 0 Å². The minimum Gasteiger partial charge on any atom is -0.497 e. The molecule has 0 fully saturated rings. The Bertz CT molecular complexity index is 970. The number of benzene rings is 2. The van der Waals surface area contributed by atoms with Crippen molar-refractivity contribution in [2.45, 2.75) is 26.4 Å². The van der Waals surface area contributed by atoms with E-state index in [2.05, 4.69) is 20.6 Å². The molecule has 0 aliphatic rings. The summed E-state index contributed by atoms with van der Waals surface area (Å²) in [5.41, 5.74) is 2.68. The molecule has 1 atom stereocenters. The van der Waals surface area contributed by atoms with Gasteiger partial charge in [0.2, 0.25) is 5.89 Å². The van der Waals surface area contributed by atoms with E-state index < -0.39 is 0 Å². The van der Waals surface area contributed by atoms with Gasteiger partial charge in [-0.1, -0.05) is 18.2 Å². The van der Waals surface area contributed by atoms with Crippen LogP contribution in [0.3, 0.4) is 0 Å². The first-order valence-corrected chi connectivity index (χ1v) is 9.91. The van der Waals surface area contributed by atoms with Crippen molar-refractivity contribution in [2.24, 2.45) is 4.99 Å². The number of rotatable bonds is 8. The molecule has 2 aromatic carbocycles. The third-order valence-electron chi connectivity index (χ3n) is 4.57. The molecule has 0 aliphatic carbocycles. The number of ether oxygens (including phenoxy) is 2. The van der Waals surface area contributed by atoms with Crippen LogP contribution in [0.15, 0.2) is 64.2 Å². The fourth-order valence-electron chi connectivity index (χ4n) is 3.03. The van der Waals surface area contributed by atoms with Crippen molar-refractivity contribution in [2.75, 3.05) is 20.8 Å². The lowest BCUT2D eigenvalue weighted by Crippen LogP contribution is -2.38. The van der Waals surface area contributed by atoms with Gasteiger partial charge < -0.3 is 24.5 Å². The topological polar surface area (TPSA) is 80.9 Å². The van der Waals surface area contributed by atoms with E-state index in [4.69, 9.17) is 13.9 Å². The van der Waals surface area contributed by atoms with Gasteiger partial charge in [0.15, 0.2) is 5.96 Å². The zero-order valence-corrected chi connectivity index (χ0v) is 17.8. The van der Waals surface area contributed by atoms with E-state index in [1.54, 1.807) is 20.5 Å². The van der Waals surface area contributed by atoms with E-state index in [0.717, 1.165) is 34.9 Å². The monoisotopic (exact) mass is 408 g/mol.